The highest BCUT2D eigenvalue weighted by Gasteiger charge is 2.19. The zero-order valence-electron chi connectivity index (χ0n) is 38.9. The van der Waals surface area contributed by atoms with E-state index in [2.05, 4.69) is 128 Å². The molecule has 14 heteroatoms. The van der Waals surface area contributed by atoms with Gasteiger partial charge in [0, 0.05) is 61.4 Å². The van der Waals surface area contributed by atoms with Gasteiger partial charge in [-0.2, -0.15) is 0 Å². The SMILES string of the molecule is Cl.N=C(N)Nc1ccc(Oc2ccc(NC(=N)NC(=O)Nc3ccc(-c4c5nc(c(-c6ccccc6)c6ccc([nH]6)c(-c6ccccc6)c6nc(c(-c7ccccc7)c7ccc4[nH]7)C=C6)C=C5)cc3)cc2)cc1. The number of amides is 2. The Kier molecular flexibility index (Phi) is 13.2. The standard InChI is InChI=1S/C59H45N11O2.ClH/c60-57(61)63-40-20-24-43(25-21-40)72-44-26-22-41(23-27-44)64-58(62)70-59(71)65-42-18-16-39(17-19-42)56-51-34-32-49(68-51)54(37-12-6-2-7-13-37)47-30-28-45(66-47)53(36-10-4-1-5-11-36)46-29-31-48(67-46)55(38-14-8-3-9-15-38)50-33-35-52(56)69-50;/h1-35,66,69H,(H4,60,61,63)(H4,62,64,65,70,71);1H. The summed E-state index contributed by atoms with van der Waals surface area (Å²) in [4.78, 5) is 31.6. The summed E-state index contributed by atoms with van der Waals surface area (Å²) < 4.78 is 5.92. The number of rotatable bonds is 9. The lowest BCUT2D eigenvalue weighted by Crippen LogP contribution is -2.38. The Morgan fingerprint density at radius 1 is 0.425 bits per heavy atom. The number of carbonyl (C=O) groups is 1. The van der Waals surface area contributed by atoms with Gasteiger partial charge in [0.15, 0.2) is 5.96 Å². The van der Waals surface area contributed by atoms with Crippen LogP contribution >= 0.6 is 12.4 Å². The highest BCUT2D eigenvalue weighted by Crippen LogP contribution is 2.38. The van der Waals surface area contributed by atoms with Gasteiger partial charge in [-0.3, -0.25) is 16.1 Å². The number of H-pyrrole nitrogens is 2. The topological polar surface area (TPSA) is 206 Å². The minimum atomic E-state index is -0.588. The molecular formula is C59H46ClN11O2. The van der Waals surface area contributed by atoms with E-state index in [9.17, 15) is 4.79 Å². The van der Waals surface area contributed by atoms with Crippen molar-refractivity contribution in [3.05, 3.63) is 211 Å². The molecule has 6 aromatic carbocycles. The first-order chi connectivity index (χ1) is 35.3. The number of nitrogens with zero attached hydrogens (tertiary/aromatic N) is 2. The summed E-state index contributed by atoms with van der Waals surface area (Å²) in [6, 6.07) is 60.3. The number of nitrogens with two attached hydrogens (primary N) is 1. The van der Waals surface area contributed by atoms with Crippen LogP contribution in [0.2, 0.25) is 0 Å². The quantitative estimate of drug-likeness (QED) is 0.0505. The van der Waals surface area contributed by atoms with Crippen molar-refractivity contribution < 1.29 is 9.53 Å². The number of fused-ring (bicyclic) bond motifs is 8. The zero-order chi connectivity index (χ0) is 49.0. The van der Waals surface area contributed by atoms with E-state index in [-0.39, 0.29) is 24.3 Å². The third-order valence-corrected chi connectivity index (χ3v) is 12.1. The highest BCUT2D eigenvalue weighted by molar-refractivity contribution is 6.06. The number of carbonyl (C=O) groups excluding carboxylic acids is 1. The van der Waals surface area contributed by atoms with Crippen molar-refractivity contribution in [1.82, 2.24) is 25.3 Å². The fourth-order valence-electron chi connectivity index (χ4n) is 8.91. The Hall–Kier alpha value is -9.98. The lowest BCUT2D eigenvalue weighted by atomic mass is 10.0. The summed E-state index contributed by atoms with van der Waals surface area (Å²) in [5, 5.41) is 26.9. The van der Waals surface area contributed by atoms with E-state index in [0.717, 1.165) is 89.4 Å². The lowest BCUT2D eigenvalue weighted by molar-refractivity contribution is 0.256. The van der Waals surface area contributed by atoms with Gasteiger partial charge in [-0.15, -0.1) is 12.4 Å². The molecule has 5 heterocycles. The number of hydrogen-bond donors (Lipinski definition) is 9. The molecule has 13 nitrogen and oxygen atoms in total. The van der Waals surface area contributed by atoms with Crippen LogP contribution in [0, 0.1) is 10.8 Å². The third kappa shape index (κ3) is 10.2. The Bertz CT molecular complexity index is 3720. The summed E-state index contributed by atoms with van der Waals surface area (Å²) in [7, 11) is 0. The summed E-state index contributed by atoms with van der Waals surface area (Å²) >= 11 is 0. The van der Waals surface area contributed by atoms with Crippen LogP contribution < -0.4 is 31.7 Å². The highest BCUT2D eigenvalue weighted by atomic mass is 35.5. The van der Waals surface area contributed by atoms with Crippen LogP contribution in [0.15, 0.2) is 188 Å². The summed E-state index contributed by atoms with van der Waals surface area (Å²) in [5.41, 5.74) is 21.7. The molecule has 3 aromatic heterocycles. The smallest absolute Gasteiger partial charge is 0.325 e. The van der Waals surface area contributed by atoms with E-state index in [4.69, 9.17) is 31.3 Å². The molecular weight excluding hydrogens is 930 g/mol. The molecule has 0 aliphatic carbocycles. The maximum atomic E-state index is 13.2. The van der Waals surface area contributed by atoms with Gasteiger partial charge in [-0.25, -0.2) is 14.8 Å². The predicted octanol–water partition coefficient (Wildman–Crippen LogP) is 14.0. The molecule has 2 aliphatic rings. The number of hydrogen-bond acceptors (Lipinski definition) is 6. The van der Waals surface area contributed by atoms with Gasteiger partial charge in [0.25, 0.3) is 0 Å². The van der Waals surface area contributed by atoms with Crippen LogP contribution in [0.4, 0.5) is 21.9 Å². The number of aromatic amines is 2. The number of benzene rings is 6. The number of guanidine groups is 2. The molecule has 73 heavy (non-hydrogen) atoms. The van der Waals surface area contributed by atoms with Crippen LogP contribution in [0.25, 0.3) is 90.9 Å². The average molecular weight is 977 g/mol. The molecule has 0 unspecified atom stereocenters. The molecule has 9 aromatic rings. The molecule has 0 saturated carbocycles. The maximum Gasteiger partial charge on any atom is 0.325 e. The second kappa shape index (κ2) is 20.5. The fourth-order valence-corrected chi connectivity index (χ4v) is 8.91. The molecule has 0 fully saturated rings. The number of aromatic nitrogens is 4. The number of ether oxygens (including phenoxy) is 1. The van der Waals surface area contributed by atoms with Crippen molar-refractivity contribution >= 4 is 93.8 Å². The second-order valence-electron chi connectivity index (χ2n) is 16.9. The van der Waals surface area contributed by atoms with E-state index in [1.807, 2.05) is 66.7 Å². The van der Waals surface area contributed by atoms with Crippen LogP contribution in [0.1, 0.15) is 22.8 Å². The summed E-state index contributed by atoms with van der Waals surface area (Å²) in [6.45, 7) is 0. The Labute approximate surface area is 426 Å². The molecule has 8 bridgehead atoms. The van der Waals surface area contributed by atoms with Crippen molar-refractivity contribution in [3.8, 4) is 56.0 Å². The molecule has 2 amide bonds. The number of anilines is 3. The maximum absolute atomic E-state index is 13.2. The van der Waals surface area contributed by atoms with Crippen molar-refractivity contribution in [2.24, 2.45) is 5.73 Å². The second-order valence-corrected chi connectivity index (χ2v) is 16.9. The van der Waals surface area contributed by atoms with Crippen LogP contribution in [0.3, 0.4) is 0 Å². The molecule has 11 rings (SSSR count). The molecule has 0 spiro atoms. The third-order valence-electron chi connectivity index (χ3n) is 12.1. The van der Waals surface area contributed by atoms with Gasteiger partial charge in [0.1, 0.15) is 11.5 Å². The molecule has 2 aliphatic heterocycles. The lowest BCUT2D eigenvalue weighted by Gasteiger charge is -2.12. The van der Waals surface area contributed by atoms with E-state index in [0.29, 0.717) is 28.6 Å². The first-order valence-corrected chi connectivity index (χ1v) is 23.1. The molecule has 356 valence electrons. The predicted molar refractivity (Wildman–Crippen MR) is 300 cm³/mol. The average Bonchev–Trinajstić information content (AvgIpc) is 4.25. The summed E-state index contributed by atoms with van der Waals surface area (Å²) in [5.74, 6) is 0.804. The van der Waals surface area contributed by atoms with Gasteiger partial charge < -0.3 is 36.4 Å². The normalized spacial score (nSPS) is 11.3. The van der Waals surface area contributed by atoms with Crippen molar-refractivity contribution in [1.29, 1.82) is 10.8 Å². The Morgan fingerprint density at radius 2 is 0.753 bits per heavy atom. The van der Waals surface area contributed by atoms with Gasteiger partial charge in [-0.05, 0) is 131 Å². The van der Waals surface area contributed by atoms with E-state index in [1.165, 1.54) is 0 Å². The van der Waals surface area contributed by atoms with Crippen LogP contribution in [0.5, 0.6) is 11.5 Å². The van der Waals surface area contributed by atoms with E-state index >= 15 is 0 Å². The number of halogens is 1. The molecule has 0 saturated heterocycles. The monoisotopic (exact) mass is 975 g/mol. The van der Waals surface area contributed by atoms with Gasteiger partial charge >= 0.3 is 6.03 Å². The van der Waals surface area contributed by atoms with Gasteiger partial charge in [0.05, 0.1) is 22.8 Å². The largest absolute Gasteiger partial charge is 0.457 e. The molecule has 10 N–H and O–H groups in total. The van der Waals surface area contributed by atoms with Crippen molar-refractivity contribution in [3.63, 3.8) is 0 Å². The first-order valence-electron chi connectivity index (χ1n) is 23.1. The minimum Gasteiger partial charge on any atom is -0.457 e. The van der Waals surface area contributed by atoms with E-state index in [1.54, 1.807) is 48.5 Å². The first kappa shape index (κ1) is 46.7. The molecule has 0 radical (unpaired) electrons. The van der Waals surface area contributed by atoms with Gasteiger partial charge in [0.2, 0.25) is 5.96 Å². The van der Waals surface area contributed by atoms with E-state index < -0.39 is 6.03 Å². The molecule has 0 atom stereocenters. The van der Waals surface area contributed by atoms with Crippen LogP contribution in [-0.2, 0) is 0 Å². The fraction of sp³-hybridized carbons (Fsp3) is 0. The Balaban J connectivity index is 0.00000611. The number of urea groups is 1. The van der Waals surface area contributed by atoms with Crippen molar-refractivity contribution in [2.75, 3.05) is 16.0 Å². The van der Waals surface area contributed by atoms with Crippen molar-refractivity contribution in [2.45, 2.75) is 0 Å². The van der Waals surface area contributed by atoms with Crippen LogP contribution in [-0.4, -0.2) is 37.9 Å². The van der Waals surface area contributed by atoms with Gasteiger partial charge in [-0.1, -0.05) is 103 Å². The zero-order valence-corrected chi connectivity index (χ0v) is 39.7. The number of nitrogens with one attached hydrogen (secondary N) is 8. The Morgan fingerprint density at radius 3 is 1.12 bits per heavy atom. The minimum absolute atomic E-state index is 0. The summed E-state index contributed by atoms with van der Waals surface area (Å²) in [6.07, 6.45) is 8.30.